The van der Waals surface area contributed by atoms with Crippen molar-refractivity contribution in [2.24, 2.45) is 7.05 Å². The first-order valence-electron chi connectivity index (χ1n) is 8.22. The number of hydrogen-bond donors (Lipinski definition) is 1. The van der Waals surface area contributed by atoms with Crippen molar-refractivity contribution in [3.8, 4) is 0 Å². The van der Waals surface area contributed by atoms with Crippen LogP contribution in [0.4, 0.5) is 5.69 Å². The zero-order valence-corrected chi connectivity index (χ0v) is 16.7. The molecule has 0 aliphatic heterocycles. The maximum absolute atomic E-state index is 12.9. The predicted octanol–water partition coefficient (Wildman–Crippen LogP) is 3.15. The molecule has 0 atom stereocenters. The zero-order valence-electron chi connectivity index (χ0n) is 15.1. The Hall–Kier alpha value is -2.91. The number of benzene rings is 2. The van der Waals surface area contributed by atoms with Crippen molar-refractivity contribution in [3.63, 3.8) is 0 Å². The van der Waals surface area contributed by atoms with Crippen LogP contribution in [0.2, 0.25) is 5.02 Å². The molecule has 2 aromatic heterocycles. The standard InChI is InChI=1S/C18H15ClN4O4S/c1-9-10(2)21-14-6-11(4-5-13(14)20-9)22-28(25,26)17-8-16-15(7-12(17)19)23(3)18(24)27-16/h4-8,22H,1-3H3. The van der Waals surface area contributed by atoms with E-state index < -0.39 is 15.8 Å². The fourth-order valence-corrected chi connectivity index (χ4v) is 4.43. The van der Waals surface area contributed by atoms with Gasteiger partial charge in [0.2, 0.25) is 0 Å². The normalized spacial score (nSPS) is 12.0. The lowest BCUT2D eigenvalue weighted by Gasteiger charge is -2.10. The molecule has 2 heterocycles. The second-order valence-electron chi connectivity index (χ2n) is 6.38. The number of rotatable bonds is 3. The summed E-state index contributed by atoms with van der Waals surface area (Å²) in [5.41, 5.74) is 3.66. The molecule has 4 aromatic rings. The zero-order chi connectivity index (χ0) is 20.2. The Kier molecular flexibility index (Phi) is 4.16. The van der Waals surface area contributed by atoms with E-state index in [2.05, 4.69) is 14.7 Å². The summed E-state index contributed by atoms with van der Waals surface area (Å²) in [4.78, 5) is 20.3. The highest BCUT2D eigenvalue weighted by Crippen LogP contribution is 2.29. The van der Waals surface area contributed by atoms with Gasteiger partial charge in [-0.25, -0.2) is 23.2 Å². The summed E-state index contributed by atoms with van der Waals surface area (Å²) < 4.78 is 34.5. The van der Waals surface area contributed by atoms with Gasteiger partial charge >= 0.3 is 5.76 Å². The number of fused-ring (bicyclic) bond motifs is 2. The lowest BCUT2D eigenvalue weighted by atomic mass is 10.2. The highest BCUT2D eigenvalue weighted by atomic mass is 35.5. The predicted molar refractivity (Wildman–Crippen MR) is 106 cm³/mol. The molecule has 0 saturated carbocycles. The number of hydrogen-bond acceptors (Lipinski definition) is 6. The van der Waals surface area contributed by atoms with Crippen molar-refractivity contribution in [1.29, 1.82) is 0 Å². The third kappa shape index (κ3) is 3.02. The Bertz CT molecular complexity index is 1420. The van der Waals surface area contributed by atoms with Crippen molar-refractivity contribution in [2.75, 3.05) is 4.72 Å². The minimum absolute atomic E-state index is 0.0246. The van der Waals surface area contributed by atoms with Crippen LogP contribution in [0, 0.1) is 13.8 Å². The molecule has 0 unspecified atom stereocenters. The molecule has 0 aliphatic carbocycles. The van der Waals surface area contributed by atoms with Crippen LogP contribution in [0.15, 0.2) is 44.4 Å². The summed E-state index contributed by atoms with van der Waals surface area (Å²) in [6.07, 6.45) is 0. The molecule has 10 heteroatoms. The SMILES string of the molecule is Cc1nc2ccc(NS(=O)(=O)c3cc4oc(=O)n(C)c4cc3Cl)cc2nc1C. The Labute approximate surface area is 164 Å². The van der Waals surface area contributed by atoms with E-state index >= 15 is 0 Å². The van der Waals surface area contributed by atoms with Crippen molar-refractivity contribution in [2.45, 2.75) is 18.7 Å². The molecule has 28 heavy (non-hydrogen) atoms. The van der Waals surface area contributed by atoms with Gasteiger partial charge in [0.05, 0.1) is 38.6 Å². The van der Waals surface area contributed by atoms with Crippen molar-refractivity contribution < 1.29 is 12.8 Å². The number of nitrogens with one attached hydrogen (secondary N) is 1. The molecule has 0 fully saturated rings. The summed E-state index contributed by atoms with van der Waals surface area (Å²) >= 11 is 6.17. The molecular weight excluding hydrogens is 404 g/mol. The maximum Gasteiger partial charge on any atom is 0.419 e. The van der Waals surface area contributed by atoms with E-state index in [-0.39, 0.29) is 15.5 Å². The van der Waals surface area contributed by atoms with Crippen LogP contribution in [0.25, 0.3) is 22.1 Å². The van der Waals surface area contributed by atoms with Crippen LogP contribution in [0.3, 0.4) is 0 Å². The highest BCUT2D eigenvalue weighted by molar-refractivity contribution is 7.92. The Morgan fingerprint density at radius 2 is 1.75 bits per heavy atom. The minimum atomic E-state index is -4.03. The number of oxazole rings is 1. The van der Waals surface area contributed by atoms with Crippen LogP contribution < -0.4 is 10.5 Å². The van der Waals surface area contributed by atoms with Gasteiger partial charge < -0.3 is 4.42 Å². The van der Waals surface area contributed by atoms with Gasteiger partial charge in [-0.15, -0.1) is 0 Å². The lowest BCUT2D eigenvalue weighted by Crippen LogP contribution is -2.13. The lowest BCUT2D eigenvalue weighted by molar-refractivity contribution is 0.527. The first-order valence-corrected chi connectivity index (χ1v) is 10.1. The van der Waals surface area contributed by atoms with E-state index in [4.69, 9.17) is 16.0 Å². The summed E-state index contributed by atoms with van der Waals surface area (Å²) in [7, 11) is -2.52. The molecule has 2 aromatic carbocycles. The smallest absolute Gasteiger partial charge is 0.408 e. The van der Waals surface area contributed by atoms with Crippen LogP contribution in [0.5, 0.6) is 0 Å². The number of aryl methyl sites for hydroxylation is 3. The quantitative estimate of drug-likeness (QED) is 0.547. The van der Waals surface area contributed by atoms with E-state index in [1.807, 2.05) is 13.8 Å². The molecular formula is C18H15ClN4O4S. The molecule has 8 nitrogen and oxygen atoms in total. The number of sulfonamides is 1. The van der Waals surface area contributed by atoms with Gasteiger partial charge in [0.1, 0.15) is 4.90 Å². The van der Waals surface area contributed by atoms with Gasteiger partial charge in [0.15, 0.2) is 5.58 Å². The number of halogens is 1. The minimum Gasteiger partial charge on any atom is -0.408 e. The number of nitrogens with zero attached hydrogens (tertiary/aromatic N) is 3. The summed E-state index contributed by atoms with van der Waals surface area (Å²) in [5.74, 6) is -0.604. The average Bonchev–Trinajstić information content (AvgIpc) is 2.89. The van der Waals surface area contributed by atoms with Gasteiger partial charge in [-0.05, 0) is 38.1 Å². The molecule has 144 valence electrons. The molecule has 0 amide bonds. The van der Waals surface area contributed by atoms with Gasteiger partial charge in [-0.1, -0.05) is 11.6 Å². The molecule has 0 bridgehead atoms. The molecule has 0 spiro atoms. The highest BCUT2D eigenvalue weighted by Gasteiger charge is 2.21. The Balaban J connectivity index is 1.78. The van der Waals surface area contributed by atoms with Crippen LogP contribution in [0.1, 0.15) is 11.4 Å². The number of anilines is 1. The number of aromatic nitrogens is 3. The van der Waals surface area contributed by atoms with Gasteiger partial charge in [0, 0.05) is 13.1 Å². The molecule has 0 saturated heterocycles. The Morgan fingerprint density at radius 1 is 1.07 bits per heavy atom. The van der Waals surface area contributed by atoms with Crippen molar-refractivity contribution in [1.82, 2.24) is 14.5 Å². The summed E-state index contributed by atoms with van der Waals surface area (Å²) in [6.45, 7) is 3.69. The molecule has 4 rings (SSSR count). The molecule has 1 N–H and O–H groups in total. The topological polar surface area (TPSA) is 107 Å². The first kappa shape index (κ1) is 18.5. The largest absolute Gasteiger partial charge is 0.419 e. The Morgan fingerprint density at radius 3 is 2.46 bits per heavy atom. The monoisotopic (exact) mass is 418 g/mol. The first-order chi connectivity index (χ1) is 13.2. The second-order valence-corrected chi connectivity index (χ2v) is 8.44. The fourth-order valence-electron chi connectivity index (χ4n) is 2.84. The van der Waals surface area contributed by atoms with E-state index in [0.717, 1.165) is 11.4 Å². The van der Waals surface area contributed by atoms with Crippen LogP contribution in [-0.2, 0) is 17.1 Å². The van der Waals surface area contributed by atoms with E-state index in [0.29, 0.717) is 22.2 Å². The van der Waals surface area contributed by atoms with Crippen molar-refractivity contribution in [3.05, 3.63) is 57.3 Å². The third-order valence-corrected chi connectivity index (χ3v) is 6.31. The molecule has 0 radical (unpaired) electrons. The second kappa shape index (κ2) is 6.32. The van der Waals surface area contributed by atoms with E-state index in [9.17, 15) is 13.2 Å². The molecule has 0 aliphatic rings. The van der Waals surface area contributed by atoms with Crippen LogP contribution in [-0.4, -0.2) is 23.0 Å². The third-order valence-electron chi connectivity index (χ3n) is 4.46. The van der Waals surface area contributed by atoms with Gasteiger partial charge in [-0.3, -0.25) is 9.29 Å². The van der Waals surface area contributed by atoms with Crippen LogP contribution >= 0.6 is 11.6 Å². The van der Waals surface area contributed by atoms with Gasteiger partial charge in [-0.2, -0.15) is 0 Å². The summed E-state index contributed by atoms with van der Waals surface area (Å²) in [5, 5.41) is -0.0246. The fraction of sp³-hybridized carbons (Fsp3) is 0.167. The van der Waals surface area contributed by atoms with E-state index in [1.165, 1.54) is 23.7 Å². The van der Waals surface area contributed by atoms with E-state index in [1.54, 1.807) is 18.2 Å². The summed E-state index contributed by atoms with van der Waals surface area (Å²) in [6, 6.07) is 7.50. The van der Waals surface area contributed by atoms with Gasteiger partial charge in [0.25, 0.3) is 10.0 Å². The average molecular weight is 419 g/mol. The maximum atomic E-state index is 12.9. The van der Waals surface area contributed by atoms with Crippen molar-refractivity contribution >= 4 is 49.4 Å².